The maximum absolute atomic E-state index is 12.0. The van der Waals surface area contributed by atoms with Gasteiger partial charge in [-0.25, -0.2) is 4.98 Å². The Hall–Kier alpha value is -1.68. The second-order valence-corrected chi connectivity index (χ2v) is 8.39. The van der Waals surface area contributed by atoms with Crippen LogP contribution in [0.4, 0.5) is 0 Å². The van der Waals surface area contributed by atoms with Crippen molar-refractivity contribution < 1.29 is 9.90 Å². The summed E-state index contributed by atoms with van der Waals surface area (Å²) in [6.45, 7) is 2.30. The van der Waals surface area contributed by atoms with Crippen LogP contribution in [0.5, 0.6) is 0 Å². The van der Waals surface area contributed by atoms with Crippen molar-refractivity contribution in [2.75, 3.05) is 0 Å². The van der Waals surface area contributed by atoms with E-state index in [4.69, 9.17) is 0 Å². The lowest BCUT2D eigenvalue weighted by atomic mass is 9.77. The van der Waals surface area contributed by atoms with E-state index in [1.807, 2.05) is 10.6 Å². The van der Waals surface area contributed by atoms with Crippen LogP contribution in [-0.2, 0) is 4.79 Å². The van der Waals surface area contributed by atoms with Crippen molar-refractivity contribution in [3.8, 4) is 0 Å². The van der Waals surface area contributed by atoms with Gasteiger partial charge in [-0.3, -0.25) is 0 Å². The number of aldehydes is 1. The first kappa shape index (κ1) is 14.6. The van der Waals surface area contributed by atoms with Crippen molar-refractivity contribution in [2.45, 2.75) is 51.0 Å². The number of hydrogen-bond donors (Lipinski definition) is 1. The number of nitrogens with zero attached hydrogens (tertiary/aromatic N) is 2. The third-order valence-electron chi connectivity index (χ3n) is 7.07. The fourth-order valence-corrected chi connectivity index (χ4v) is 5.35. The number of aliphatic hydroxyl groups excluding tert-OH is 1. The summed E-state index contributed by atoms with van der Waals surface area (Å²) in [6.07, 6.45) is 9.73. The van der Waals surface area contributed by atoms with Gasteiger partial charge in [0.15, 0.2) is 0 Å². The van der Waals surface area contributed by atoms with Crippen molar-refractivity contribution >= 4 is 11.8 Å². The van der Waals surface area contributed by atoms with E-state index >= 15 is 0 Å². The van der Waals surface area contributed by atoms with Gasteiger partial charge in [-0.05, 0) is 66.9 Å². The van der Waals surface area contributed by atoms with Gasteiger partial charge >= 0.3 is 0 Å². The van der Waals surface area contributed by atoms with Crippen LogP contribution in [0.3, 0.4) is 0 Å². The molecule has 4 heteroatoms. The molecule has 2 heterocycles. The van der Waals surface area contributed by atoms with Crippen LogP contribution >= 0.6 is 0 Å². The van der Waals surface area contributed by atoms with Gasteiger partial charge in [-0.15, -0.1) is 0 Å². The van der Waals surface area contributed by atoms with Gasteiger partial charge in [-0.1, -0.05) is 13.0 Å². The number of carbonyl (C=O) groups excluding carboxylic acids is 1. The normalized spacial score (nSPS) is 34.1. The highest BCUT2D eigenvalue weighted by Gasteiger charge is 2.61. The van der Waals surface area contributed by atoms with Crippen molar-refractivity contribution in [1.82, 2.24) is 9.38 Å². The lowest BCUT2D eigenvalue weighted by molar-refractivity contribution is -0.118. The quantitative estimate of drug-likeness (QED) is 0.857. The molecule has 2 aromatic heterocycles. The number of hydrogen-bond acceptors (Lipinski definition) is 3. The van der Waals surface area contributed by atoms with Gasteiger partial charge in [0.25, 0.3) is 0 Å². The molecule has 126 valence electrons. The average Bonchev–Trinajstić information content (AvgIpc) is 3.45. The highest BCUT2D eigenvalue weighted by Crippen LogP contribution is 2.68. The topological polar surface area (TPSA) is 54.6 Å². The number of fused-ring (bicyclic) bond motifs is 2. The minimum absolute atomic E-state index is 0.273. The number of carbonyl (C=O) groups is 1. The molecule has 3 aliphatic carbocycles. The van der Waals surface area contributed by atoms with Crippen LogP contribution in [0.15, 0.2) is 24.7 Å². The zero-order chi connectivity index (χ0) is 16.5. The van der Waals surface area contributed by atoms with Crippen LogP contribution in [0.1, 0.15) is 62.3 Å². The van der Waals surface area contributed by atoms with Gasteiger partial charge in [0.2, 0.25) is 0 Å². The molecule has 5 rings (SSSR count). The molecule has 0 amide bonds. The van der Waals surface area contributed by atoms with Crippen LogP contribution in [0.2, 0.25) is 0 Å². The Morgan fingerprint density at radius 2 is 2.17 bits per heavy atom. The number of imidazole rings is 1. The molecule has 0 bridgehead atoms. The van der Waals surface area contributed by atoms with Crippen molar-refractivity contribution in [3.63, 3.8) is 0 Å². The average molecular weight is 324 g/mol. The summed E-state index contributed by atoms with van der Waals surface area (Å²) in [5, 5.41) is 11.3. The van der Waals surface area contributed by atoms with E-state index in [-0.39, 0.29) is 11.3 Å². The van der Waals surface area contributed by atoms with Gasteiger partial charge < -0.3 is 14.3 Å². The summed E-state index contributed by atoms with van der Waals surface area (Å²) in [5.74, 6) is 1.29. The number of rotatable bonds is 5. The Morgan fingerprint density at radius 3 is 2.79 bits per heavy atom. The predicted molar refractivity (Wildman–Crippen MR) is 90.6 cm³/mol. The predicted octanol–water partition coefficient (Wildman–Crippen LogP) is 3.50. The minimum Gasteiger partial charge on any atom is -0.386 e. The van der Waals surface area contributed by atoms with Crippen molar-refractivity contribution in [1.29, 1.82) is 0 Å². The molecule has 3 saturated carbocycles. The molecule has 4 nitrogen and oxygen atoms in total. The molecule has 0 spiro atoms. The second-order valence-electron chi connectivity index (χ2n) is 8.39. The first-order valence-corrected chi connectivity index (χ1v) is 9.21. The lowest BCUT2D eigenvalue weighted by Gasteiger charge is -2.30. The Kier molecular flexibility index (Phi) is 3.00. The first-order valence-electron chi connectivity index (χ1n) is 9.21. The fraction of sp³-hybridized carbons (Fsp3) is 0.600. The monoisotopic (exact) mass is 324 g/mol. The fourth-order valence-electron chi connectivity index (χ4n) is 5.35. The van der Waals surface area contributed by atoms with Crippen molar-refractivity contribution in [2.24, 2.45) is 23.2 Å². The van der Waals surface area contributed by atoms with E-state index in [9.17, 15) is 9.90 Å². The zero-order valence-electron chi connectivity index (χ0n) is 14.1. The van der Waals surface area contributed by atoms with Gasteiger partial charge in [0, 0.05) is 5.92 Å². The van der Waals surface area contributed by atoms with E-state index in [0.717, 1.165) is 29.8 Å². The summed E-state index contributed by atoms with van der Waals surface area (Å²) >= 11 is 0. The third-order valence-corrected chi connectivity index (χ3v) is 7.07. The molecule has 0 aliphatic heterocycles. The highest BCUT2D eigenvalue weighted by atomic mass is 16.3. The van der Waals surface area contributed by atoms with Gasteiger partial charge in [-0.2, -0.15) is 0 Å². The molecule has 5 atom stereocenters. The summed E-state index contributed by atoms with van der Waals surface area (Å²) in [6, 6.07) is 4.20. The summed E-state index contributed by atoms with van der Waals surface area (Å²) < 4.78 is 2.00. The standard InChI is InChI=1S/C20H24N2O2/c1-20-8-13(20)4-7-17(20)16(10-23)19(24)18-15(12-2-3-12)6-5-14-9-21-11-22(14)18/h5-6,9-13,16-17,19,24H,2-4,7-8H2,1H3. The molecule has 3 fully saturated rings. The summed E-state index contributed by atoms with van der Waals surface area (Å²) in [7, 11) is 0. The molecule has 5 unspecified atom stereocenters. The highest BCUT2D eigenvalue weighted by molar-refractivity contribution is 5.58. The molecule has 0 aromatic carbocycles. The summed E-state index contributed by atoms with van der Waals surface area (Å²) in [4.78, 5) is 16.2. The Balaban J connectivity index is 1.59. The lowest BCUT2D eigenvalue weighted by Crippen LogP contribution is -2.29. The SMILES string of the molecule is CC12CC1CCC2C(C=O)C(O)c1c(C2CC2)ccc2cncn12. The molecular weight excluding hydrogens is 300 g/mol. The Bertz CT molecular complexity index is 807. The maximum atomic E-state index is 12.0. The number of aliphatic hydroxyl groups is 1. The second kappa shape index (κ2) is 4.92. The van der Waals surface area contributed by atoms with Crippen LogP contribution in [-0.4, -0.2) is 20.8 Å². The van der Waals surface area contributed by atoms with E-state index in [1.165, 1.54) is 31.2 Å². The van der Waals surface area contributed by atoms with Gasteiger partial charge in [0.1, 0.15) is 12.4 Å². The molecule has 0 saturated heterocycles. The van der Waals surface area contributed by atoms with Crippen LogP contribution in [0.25, 0.3) is 5.52 Å². The molecule has 0 radical (unpaired) electrons. The number of pyridine rings is 1. The van der Waals surface area contributed by atoms with Gasteiger partial charge in [0.05, 0.1) is 23.7 Å². The van der Waals surface area contributed by atoms with E-state index < -0.39 is 6.10 Å². The van der Waals surface area contributed by atoms with Crippen LogP contribution < -0.4 is 0 Å². The Labute approximate surface area is 141 Å². The van der Waals surface area contributed by atoms with E-state index in [2.05, 4.69) is 24.0 Å². The summed E-state index contributed by atoms with van der Waals surface area (Å²) in [5.41, 5.74) is 3.36. The first-order chi connectivity index (χ1) is 11.6. The van der Waals surface area contributed by atoms with E-state index in [1.54, 1.807) is 6.33 Å². The van der Waals surface area contributed by atoms with E-state index in [0.29, 0.717) is 11.8 Å². The minimum atomic E-state index is -0.739. The smallest absolute Gasteiger partial charge is 0.126 e. The third kappa shape index (κ3) is 1.95. The molecular formula is C20H24N2O2. The van der Waals surface area contributed by atoms with Crippen LogP contribution in [0, 0.1) is 23.2 Å². The zero-order valence-corrected chi connectivity index (χ0v) is 14.1. The Morgan fingerprint density at radius 1 is 1.33 bits per heavy atom. The molecule has 2 aromatic rings. The molecule has 3 aliphatic rings. The molecule has 1 N–H and O–H groups in total. The maximum Gasteiger partial charge on any atom is 0.126 e. The number of aromatic nitrogens is 2. The van der Waals surface area contributed by atoms with Crippen molar-refractivity contribution in [3.05, 3.63) is 35.9 Å². The molecule has 24 heavy (non-hydrogen) atoms. The largest absolute Gasteiger partial charge is 0.386 e.